The SMILES string of the molecule is CCOC(=O)C[NH2+]C1=C(C=N)[C@H](N=[N+]=N)CCC1COC(=O)C[NH2+]C1=C(C=N)[C@@H](N=[N+]=N)CCC1. The Morgan fingerprint density at radius 1 is 0.971 bits per heavy atom. The van der Waals surface area contributed by atoms with E-state index in [9.17, 15) is 9.59 Å². The largest absolute Gasteiger partial charge is 0.462 e. The van der Waals surface area contributed by atoms with Gasteiger partial charge in [0.15, 0.2) is 25.2 Å². The molecule has 2 aliphatic rings. The fourth-order valence-corrected chi connectivity index (χ4v) is 4.40. The van der Waals surface area contributed by atoms with Crippen LogP contribution in [0.4, 0.5) is 0 Å². The van der Waals surface area contributed by atoms with Crippen molar-refractivity contribution in [2.75, 3.05) is 26.3 Å². The van der Waals surface area contributed by atoms with Crippen LogP contribution in [0.1, 0.15) is 39.0 Å². The number of nitrogens with two attached hydrogens (primary N) is 2. The maximum Gasteiger partial charge on any atom is 0.362 e. The highest BCUT2D eigenvalue weighted by molar-refractivity contribution is 5.79. The molecule has 1 unspecified atom stereocenters. The van der Waals surface area contributed by atoms with Gasteiger partial charge >= 0.3 is 11.9 Å². The molecule has 0 radical (unpaired) electrons. The minimum Gasteiger partial charge on any atom is -0.462 e. The third-order valence-corrected chi connectivity index (χ3v) is 6.03. The van der Waals surface area contributed by atoms with Gasteiger partial charge in [-0.15, -0.1) is 0 Å². The Hall–Kier alpha value is -3.70. The molecule has 0 aromatic rings. The first-order valence-corrected chi connectivity index (χ1v) is 11.6. The molecular formula is C21H34N10O4+4. The Kier molecular flexibility index (Phi) is 11.4. The van der Waals surface area contributed by atoms with E-state index in [0.29, 0.717) is 36.1 Å². The van der Waals surface area contributed by atoms with E-state index < -0.39 is 18.0 Å². The van der Waals surface area contributed by atoms with Crippen molar-refractivity contribution < 1.29 is 29.7 Å². The van der Waals surface area contributed by atoms with Crippen molar-refractivity contribution in [3.8, 4) is 0 Å². The maximum atomic E-state index is 12.5. The third-order valence-electron chi connectivity index (χ3n) is 6.03. The second-order valence-corrected chi connectivity index (χ2v) is 8.11. The van der Waals surface area contributed by atoms with Gasteiger partial charge in [0.2, 0.25) is 9.82 Å². The number of nitrogens with one attached hydrogen (secondary N) is 4. The summed E-state index contributed by atoms with van der Waals surface area (Å²) in [5.41, 5.74) is 16.7. The van der Waals surface area contributed by atoms with Gasteiger partial charge in [-0.25, -0.2) is 9.59 Å². The Morgan fingerprint density at radius 3 is 2.23 bits per heavy atom. The number of hydrogen-bond acceptors (Lipinski definition) is 10. The van der Waals surface area contributed by atoms with E-state index in [1.807, 2.05) is 0 Å². The molecule has 188 valence electrons. The van der Waals surface area contributed by atoms with Crippen LogP contribution in [-0.4, -0.2) is 62.8 Å². The molecule has 0 aromatic heterocycles. The smallest absolute Gasteiger partial charge is 0.362 e. The molecule has 14 heteroatoms. The molecule has 0 spiro atoms. The first kappa shape index (κ1) is 27.5. The Labute approximate surface area is 202 Å². The van der Waals surface area contributed by atoms with Gasteiger partial charge in [-0.2, -0.15) is 0 Å². The minimum absolute atomic E-state index is 0.0147. The summed E-state index contributed by atoms with van der Waals surface area (Å²) >= 11 is 0. The number of allylic oxidation sites excluding steroid dienone is 1. The van der Waals surface area contributed by atoms with Gasteiger partial charge in [0, 0.05) is 18.9 Å². The Balaban J connectivity index is 2.06. The first-order valence-electron chi connectivity index (χ1n) is 11.6. The van der Waals surface area contributed by atoms with E-state index in [1.54, 1.807) is 17.6 Å². The van der Waals surface area contributed by atoms with Gasteiger partial charge in [0.05, 0.1) is 23.7 Å². The van der Waals surface area contributed by atoms with Crippen LogP contribution in [0, 0.1) is 27.8 Å². The number of quaternary nitrogens is 2. The average molecular weight is 491 g/mol. The van der Waals surface area contributed by atoms with Gasteiger partial charge in [-0.3, -0.25) is 0 Å². The summed E-state index contributed by atoms with van der Waals surface area (Å²) < 4.78 is 10.5. The van der Waals surface area contributed by atoms with Gasteiger partial charge in [0.1, 0.15) is 39.3 Å². The van der Waals surface area contributed by atoms with Crippen LogP contribution < -0.4 is 20.5 Å². The van der Waals surface area contributed by atoms with Crippen molar-refractivity contribution in [3.05, 3.63) is 22.5 Å². The van der Waals surface area contributed by atoms with Crippen LogP contribution in [0.2, 0.25) is 0 Å². The molecule has 2 rings (SSSR count). The summed E-state index contributed by atoms with van der Waals surface area (Å²) in [6.07, 6.45) is 5.75. The van der Waals surface area contributed by atoms with Gasteiger partial charge in [0.25, 0.3) is 0 Å². The molecule has 0 heterocycles. The zero-order valence-corrected chi connectivity index (χ0v) is 19.8. The van der Waals surface area contributed by atoms with Crippen LogP contribution in [0.5, 0.6) is 0 Å². The number of nitrogens with zero attached hydrogens (tertiary/aromatic N) is 4. The van der Waals surface area contributed by atoms with Crippen molar-refractivity contribution in [1.82, 2.24) is 9.82 Å². The number of rotatable bonds is 13. The van der Waals surface area contributed by atoms with Crippen molar-refractivity contribution in [2.24, 2.45) is 16.1 Å². The molecule has 2 aliphatic carbocycles. The molecule has 0 fully saturated rings. The third kappa shape index (κ3) is 7.94. The molecule has 8 N–H and O–H groups in total. The lowest BCUT2D eigenvalue weighted by atomic mass is 9.84. The number of ether oxygens (including phenoxy) is 2. The highest BCUT2D eigenvalue weighted by Crippen LogP contribution is 2.28. The summed E-state index contributed by atoms with van der Waals surface area (Å²) in [7, 11) is 0. The van der Waals surface area contributed by atoms with E-state index in [-0.39, 0.29) is 38.3 Å². The standard InChI is InChI=1S/C21H32N10O4/c1-2-34-19(32)11-27-21-13(6-7-18(29-31-25)15(21)9-23)12-35-20(33)10-26-16-4-3-5-17(28-30-24)14(16)8-22/h8-9,13,17-18,22-27H,2-7,10-12H2,1H3/q+2/p+2/t13?,17-,18+/m0/s1. The summed E-state index contributed by atoms with van der Waals surface area (Å²) in [6, 6.07) is -0.787. The van der Waals surface area contributed by atoms with Crippen LogP contribution in [0.3, 0.4) is 0 Å². The number of hydrogen-bond donors (Lipinski definition) is 6. The zero-order valence-electron chi connectivity index (χ0n) is 19.8. The van der Waals surface area contributed by atoms with Crippen LogP contribution >= 0.6 is 0 Å². The second-order valence-electron chi connectivity index (χ2n) is 8.11. The van der Waals surface area contributed by atoms with E-state index in [0.717, 1.165) is 24.8 Å². The van der Waals surface area contributed by atoms with Crippen molar-refractivity contribution in [2.45, 2.75) is 51.1 Å². The minimum atomic E-state index is -0.453. The lowest BCUT2D eigenvalue weighted by molar-refractivity contribution is -0.605. The topological polar surface area (TPSA) is 234 Å². The lowest BCUT2D eigenvalue weighted by Gasteiger charge is -2.25. The van der Waals surface area contributed by atoms with Crippen molar-refractivity contribution >= 4 is 24.4 Å². The van der Waals surface area contributed by atoms with E-state index in [4.69, 9.17) is 31.4 Å². The molecule has 0 aromatic carbocycles. The fraction of sp³-hybridized carbons (Fsp3) is 0.619. The predicted molar refractivity (Wildman–Crippen MR) is 122 cm³/mol. The molecule has 0 aliphatic heterocycles. The van der Waals surface area contributed by atoms with Gasteiger partial charge in [-0.05, 0) is 32.6 Å². The second kappa shape index (κ2) is 14.5. The van der Waals surface area contributed by atoms with Crippen molar-refractivity contribution in [1.29, 1.82) is 21.9 Å². The van der Waals surface area contributed by atoms with Crippen LogP contribution in [-0.2, 0) is 19.1 Å². The summed E-state index contributed by atoms with van der Waals surface area (Å²) in [6.45, 7) is 2.11. The summed E-state index contributed by atoms with van der Waals surface area (Å²) in [5, 5.41) is 26.7. The molecule has 3 atom stereocenters. The Morgan fingerprint density at radius 2 is 1.60 bits per heavy atom. The van der Waals surface area contributed by atoms with Crippen LogP contribution in [0.15, 0.2) is 32.8 Å². The number of carbonyl (C=O) groups is 2. The summed E-state index contributed by atoms with van der Waals surface area (Å²) in [4.78, 5) is 30.6. The zero-order chi connectivity index (χ0) is 25.6. The maximum absolute atomic E-state index is 12.5. The molecule has 0 bridgehead atoms. The normalized spacial score (nSPS) is 21.9. The molecule has 0 saturated heterocycles. The Bertz CT molecular complexity index is 979. The monoisotopic (exact) mass is 490 g/mol. The molecule has 35 heavy (non-hydrogen) atoms. The lowest BCUT2D eigenvalue weighted by Crippen LogP contribution is -2.86. The van der Waals surface area contributed by atoms with E-state index in [1.165, 1.54) is 6.21 Å². The highest BCUT2D eigenvalue weighted by atomic mass is 16.5. The van der Waals surface area contributed by atoms with Crippen LogP contribution in [0.25, 0.3) is 0 Å². The highest BCUT2D eigenvalue weighted by Gasteiger charge is 2.36. The molecule has 0 amide bonds. The molecule has 0 saturated carbocycles. The first-order chi connectivity index (χ1) is 17.0. The summed E-state index contributed by atoms with van der Waals surface area (Å²) in [5.74, 6) is -1.06. The van der Waals surface area contributed by atoms with E-state index in [2.05, 4.69) is 20.1 Å². The van der Waals surface area contributed by atoms with Gasteiger partial charge in [-0.1, -0.05) is 0 Å². The number of esters is 2. The number of carbonyl (C=O) groups excluding carboxylic acids is 2. The quantitative estimate of drug-likeness (QED) is 0.0863. The predicted octanol–water partition coefficient (Wildman–Crippen LogP) is -0.541. The van der Waals surface area contributed by atoms with Crippen molar-refractivity contribution in [3.63, 3.8) is 0 Å². The molecule has 14 nitrogen and oxygen atoms in total. The fourth-order valence-electron chi connectivity index (χ4n) is 4.40. The average Bonchev–Trinajstić information content (AvgIpc) is 2.86. The van der Waals surface area contributed by atoms with Gasteiger partial charge < -0.3 is 30.9 Å². The van der Waals surface area contributed by atoms with E-state index >= 15 is 0 Å². The molecular weight excluding hydrogens is 456 g/mol.